The first-order valence-corrected chi connectivity index (χ1v) is 35.5. The summed E-state index contributed by atoms with van der Waals surface area (Å²) in [6.45, 7) is 4.94. The normalized spacial score (nSPS) is 12.5. The van der Waals surface area contributed by atoms with Crippen LogP contribution >= 0.6 is 0 Å². The summed E-state index contributed by atoms with van der Waals surface area (Å²) in [7, 11) is 0. The molecule has 0 bridgehead atoms. The second-order valence-corrected chi connectivity index (χ2v) is 24.6. The standard InChI is InChI=1S/C71H139NO5/c1-3-5-7-9-11-13-15-17-36-41-45-49-53-57-61-65-71(76)77-66-62-58-54-50-46-42-38-35-33-31-29-27-25-23-21-19-20-22-24-26-28-30-32-34-37-40-44-48-52-56-60-64-70(75)72-68(67-73)69(74)63-59-55-51-47-43-39-18-16-14-12-10-8-6-4-2/h59,63,68-69,73-74H,3-58,60-62,64-67H2,1-2H3,(H,72,75)/b63-59+. The van der Waals surface area contributed by atoms with Crippen LogP contribution in [0.1, 0.15) is 406 Å². The smallest absolute Gasteiger partial charge is 0.305 e. The summed E-state index contributed by atoms with van der Waals surface area (Å²) in [4.78, 5) is 24.6. The van der Waals surface area contributed by atoms with Crippen LogP contribution in [0.5, 0.6) is 0 Å². The van der Waals surface area contributed by atoms with Crippen LogP contribution in [0.25, 0.3) is 0 Å². The van der Waals surface area contributed by atoms with E-state index in [9.17, 15) is 19.8 Å². The quantitative estimate of drug-likeness (QED) is 0.0320. The number of allylic oxidation sites excluding steroid dienone is 1. The van der Waals surface area contributed by atoms with E-state index in [2.05, 4.69) is 19.2 Å². The Balaban J connectivity index is 3.32. The highest BCUT2D eigenvalue weighted by atomic mass is 16.5. The summed E-state index contributed by atoms with van der Waals surface area (Å²) in [5.41, 5.74) is 0. The summed E-state index contributed by atoms with van der Waals surface area (Å²) in [5, 5.41) is 23.1. The first-order valence-electron chi connectivity index (χ1n) is 35.5. The number of ether oxygens (including phenoxy) is 1. The summed E-state index contributed by atoms with van der Waals surface area (Å²) in [6, 6.07) is -0.623. The van der Waals surface area contributed by atoms with Crippen molar-refractivity contribution in [2.45, 2.75) is 418 Å². The highest BCUT2D eigenvalue weighted by Crippen LogP contribution is 2.19. The van der Waals surface area contributed by atoms with Gasteiger partial charge in [-0.1, -0.05) is 373 Å². The van der Waals surface area contributed by atoms with Gasteiger partial charge in [-0.15, -0.1) is 0 Å². The van der Waals surface area contributed by atoms with Gasteiger partial charge in [-0.05, 0) is 32.1 Å². The molecule has 0 heterocycles. The van der Waals surface area contributed by atoms with E-state index in [1.165, 1.54) is 340 Å². The van der Waals surface area contributed by atoms with E-state index in [4.69, 9.17) is 4.74 Å². The minimum Gasteiger partial charge on any atom is -0.466 e. The lowest BCUT2D eigenvalue weighted by atomic mass is 10.0. The summed E-state index contributed by atoms with van der Waals surface area (Å²) in [5.74, 6) is -0.0371. The number of hydrogen-bond donors (Lipinski definition) is 3. The molecule has 6 heteroatoms. The predicted molar refractivity (Wildman–Crippen MR) is 338 cm³/mol. The molecule has 2 atom stereocenters. The molecule has 458 valence electrons. The molecule has 0 aromatic heterocycles. The van der Waals surface area contributed by atoms with E-state index >= 15 is 0 Å². The second kappa shape index (κ2) is 67.1. The molecule has 0 aliphatic heterocycles. The van der Waals surface area contributed by atoms with Crippen molar-refractivity contribution in [2.24, 2.45) is 0 Å². The number of aliphatic hydroxyl groups excluding tert-OH is 2. The highest BCUT2D eigenvalue weighted by molar-refractivity contribution is 5.76. The molecule has 1 amide bonds. The van der Waals surface area contributed by atoms with Crippen LogP contribution in [0.3, 0.4) is 0 Å². The number of carbonyl (C=O) groups is 2. The Bertz CT molecular complexity index is 1160. The van der Waals surface area contributed by atoms with Crippen LogP contribution < -0.4 is 5.32 Å². The first kappa shape index (κ1) is 75.6. The van der Waals surface area contributed by atoms with Gasteiger partial charge in [-0.2, -0.15) is 0 Å². The fourth-order valence-electron chi connectivity index (χ4n) is 11.4. The zero-order chi connectivity index (χ0) is 55.7. The van der Waals surface area contributed by atoms with Gasteiger partial charge in [0.1, 0.15) is 0 Å². The Kier molecular flexibility index (Phi) is 65.9. The third kappa shape index (κ3) is 63.6. The molecular weight excluding hydrogens is 947 g/mol. The maximum absolute atomic E-state index is 12.5. The second-order valence-electron chi connectivity index (χ2n) is 24.6. The Morgan fingerprint density at radius 3 is 0.883 bits per heavy atom. The SMILES string of the molecule is CCCCCCCCCCCCCC/C=C/C(O)C(CO)NC(=O)CCCCCCCCCCCCCCCCCCCCCCCCCCCCCCCCCOC(=O)CCCCCCCCCCCCCCCCC. The third-order valence-electron chi connectivity index (χ3n) is 16.8. The van der Waals surface area contributed by atoms with Crippen molar-refractivity contribution in [1.82, 2.24) is 5.32 Å². The van der Waals surface area contributed by atoms with Gasteiger partial charge in [0.25, 0.3) is 0 Å². The van der Waals surface area contributed by atoms with Gasteiger partial charge in [0, 0.05) is 12.8 Å². The van der Waals surface area contributed by atoms with Crippen molar-refractivity contribution in [3.8, 4) is 0 Å². The van der Waals surface area contributed by atoms with E-state index in [1.807, 2.05) is 6.08 Å². The van der Waals surface area contributed by atoms with E-state index in [0.29, 0.717) is 19.4 Å². The maximum atomic E-state index is 12.5. The van der Waals surface area contributed by atoms with Gasteiger partial charge in [0.05, 0.1) is 25.4 Å². The van der Waals surface area contributed by atoms with Gasteiger partial charge in [-0.25, -0.2) is 0 Å². The van der Waals surface area contributed by atoms with Crippen molar-refractivity contribution in [3.63, 3.8) is 0 Å². The van der Waals surface area contributed by atoms with Gasteiger partial charge in [-0.3, -0.25) is 9.59 Å². The summed E-state index contributed by atoms with van der Waals surface area (Å²) in [6.07, 6.45) is 83.0. The molecule has 0 saturated carbocycles. The van der Waals surface area contributed by atoms with Gasteiger partial charge in [0.2, 0.25) is 5.91 Å². The number of amides is 1. The fraction of sp³-hybridized carbons (Fsp3) is 0.944. The highest BCUT2D eigenvalue weighted by Gasteiger charge is 2.18. The van der Waals surface area contributed by atoms with Crippen molar-refractivity contribution in [1.29, 1.82) is 0 Å². The van der Waals surface area contributed by atoms with E-state index in [1.54, 1.807) is 6.08 Å². The minimum atomic E-state index is -0.840. The van der Waals surface area contributed by atoms with E-state index in [0.717, 1.165) is 38.5 Å². The lowest BCUT2D eigenvalue weighted by Gasteiger charge is -2.20. The number of esters is 1. The number of nitrogens with one attached hydrogen (secondary N) is 1. The summed E-state index contributed by atoms with van der Waals surface area (Å²) < 4.78 is 5.50. The average Bonchev–Trinajstić information content (AvgIpc) is 3.43. The molecule has 77 heavy (non-hydrogen) atoms. The van der Waals surface area contributed by atoms with Crippen molar-refractivity contribution in [2.75, 3.05) is 13.2 Å². The van der Waals surface area contributed by atoms with Crippen LogP contribution in [0.15, 0.2) is 12.2 Å². The Labute approximate surface area is 482 Å². The molecular formula is C71H139NO5. The monoisotopic (exact) mass is 1090 g/mol. The largest absolute Gasteiger partial charge is 0.466 e. The number of rotatable bonds is 67. The lowest BCUT2D eigenvalue weighted by Crippen LogP contribution is -2.45. The van der Waals surface area contributed by atoms with Crippen LogP contribution in [0.4, 0.5) is 0 Å². The molecule has 0 aliphatic carbocycles. The molecule has 0 rings (SSSR count). The van der Waals surface area contributed by atoms with Crippen LogP contribution in [-0.4, -0.2) is 47.4 Å². The zero-order valence-electron chi connectivity index (χ0n) is 52.5. The van der Waals surface area contributed by atoms with Crippen LogP contribution in [0, 0.1) is 0 Å². The van der Waals surface area contributed by atoms with Crippen LogP contribution in [-0.2, 0) is 14.3 Å². The molecule has 0 saturated heterocycles. The zero-order valence-corrected chi connectivity index (χ0v) is 52.5. The van der Waals surface area contributed by atoms with Crippen molar-refractivity contribution >= 4 is 11.9 Å². The third-order valence-corrected chi connectivity index (χ3v) is 16.8. The maximum Gasteiger partial charge on any atom is 0.305 e. The van der Waals surface area contributed by atoms with Crippen LogP contribution in [0.2, 0.25) is 0 Å². The molecule has 6 nitrogen and oxygen atoms in total. The van der Waals surface area contributed by atoms with Crippen molar-refractivity contribution in [3.05, 3.63) is 12.2 Å². The van der Waals surface area contributed by atoms with Gasteiger partial charge in [0.15, 0.2) is 0 Å². The molecule has 0 aromatic carbocycles. The molecule has 0 fully saturated rings. The molecule has 0 aliphatic rings. The lowest BCUT2D eigenvalue weighted by molar-refractivity contribution is -0.143. The summed E-state index contributed by atoms with van der Waals surface area (Å²) >= 11 is 0. The predicted octanol–water partition coefficient (Wildman–Crippen LogP) is 22.8. The molecule has 2 unspecified atom stereocenters. The molecule has 0 radical (unpaired) electrons. The minimum absolute atomic E-state index is 0.0241. The average molecular weight is 1090 g/mol. The Morgan fingerprint density at radius 1 is 0.351 bits per heavy atom. The molecule has 3 N–H and O–H groups in total. The number of hydrogen-bond acceptors (Lipinski definition) is 5. The number of unbranched alkanes of at least 4 members (excludes halogenated alkanes) is 56. The Morgan fingerprint density at radius 2 is 0.597 bits per heavy atom. The van der Waals surface area contributed by atoms with Crippen molar-refractivity contribution < 1.29 is 24.5 Å². The Hall–Kier alpha value is -1.40. The van der Waals surface area contributed by atoms with E-state index < -0.39 is 12.1 Å². The number of carbonyl (C=O) groups excluding carboxylic acids is 2. The first-order chi connectivity index (χ1) is 38.0. The number of aliphatic hydroxyl groups is 2. The molecule has 0 aromatic rings. The van der Waals surface area contributed by atoms with Gasteiger partial charge < -0.3 is 20.3 Å². The van der Waals surface area contributed by atoms with E-state index in [-0.39, 0.29) is 18.5 Å². The topological polar surface area (TPSA) is 95.9 Å². The molecule has 0 spiro atoms. The fourth-order valence-corrected chi connectivity index (χ4v) is 11.4. The van der Waals surface area contributed by atoms with Gasteiger partial charge >= 0.3 is 5.97 Å².